The van der Waals surface area contributed by atoms with Gasteiger partial charge >= 0.3 is 24.8 Å². The van der Waals surface area contributed by atoms with Gasteiger partial charge in [0.25, 0.3) is 0 Å². The predicted molar refractivity (Wildman–Crippen MR) is 583 cm³/mol. The van der Waals surface area contributed by atoms with Gasteiger partial charge in [-0.1, -0.05) is 269 Å². The third kappa shape index (κ3) is 40.6. The number of hydrogen-bond donors (Lipinski definition) is 1. The van der Waals surface area contributed by atoms with Crippen molar-refractivity contribution in [1.82, 2.24) is 0 Å². The van der Waals surface area contributed by atoms with E-state index in [1.165, 1.54) is 417 Å². The molecule has 681 valence electrons. The van der Waals surface area contributed by atoms with Crippen molar-refractivity contribution in [3.8, 4) is 68.3 Å². The third-order valence-electron chi connectivity index (χ3n) is 22.3. The standard InChI is InChI=1S/C40H56Br2S4.C40H58S4.C20H28Br2S2.2CH3F.CH4.BHNS/c1-5-9-13-17-21-29-26-34(39-31(28-36(41)46-39)23-19-15-11-7-3)44-37(29)33-25-30(22-18-14-10-6-2)38(43-33)35-27-32(40(42)45-35)24-20-16-12-8-4;1-5-9-13-17-21-31-27-35(42-30-31)39-33(23-19-15-11-7-3)29-37(44-39)40-34(24-20-16-12-8-4)28-36(43-40)38-32(25-26-41-38)22-18-14-10-6-2;1-3-5-7-9-11-15-13-17(21)23-19(15)20-16(14-18(22)24-20)12-10-8-6-4-2;2*1-2;;1-2-3/h25-28H,5-24H2,1-4H3;25-30H,5-24H2,1-4H3;13-14H,3-12H2,1-2H3;2*1H3;1H4;3H/i;;;2*1D;;. The number of unbranched alkanes of at least 4 members (excludes halogenated alkanes) is 30. The Hall–Kier alpha value is -1.01. The normalized spacial score (nSPS) is 11.2. The fraction of sp³-hybridized carbons (Fsp3) is 0.612. The van der Waals surface area contributed by atoms with Gasteiger partial charge in [0.1, 0.15) is 0 Å². The fourth-order valence-corrected chi connectivity index (χ4v) is 30.2. The van der Waals surface area contributed by atoms with Gasteiger partial charge in [-0.2, -0.15) is 0 Å². The first-order valence-electron chi connectivity index (χ1n) is 48.0. The molecule has 0 aliphatic rings. The Morgan fingerprint density at radius 1 is 0.287 bits per heavy atom. The molecule has 10 aromatic rings. The predicted octanol–water partition coefficient (Wildman–Crippen LogP) is 43.6. The van der Waals surface area contributed by atoms with Crippen LogP contribution in [-0.4, -0.2) is 21.9 Å². The summed E-state index contributed by atoms with van der Waals surface area (Å²) in [6.07, 6.45) is 65.0. The molecule has 0 saturated heterocycles. The Morgan fingerprint density at radius 3 is 0.828 bits per heavy atom. The van der Waals surface area contributed by atoms with Crippen LogP contribution in [0.25, 0.3) is 68.3 Å². The summed E-state index contributed by atoms with van der Waals surface area (Å²) >= 11 is 38.5. The number of aryl methyl sites for hydroxylation is 10. The first-order valence-corrected chi connectivity index (χ1v) is 58.5. The van der Waals surface area contributed by atoms with Crippen molar-refractivity contribution >= 4 is 198 Å². The summed E-state index contributed by atoms with van der Waals surface area (Å²) < 4.78 is 38.8. The zero-order chi connectivity index (χ0) is 89.2. The number of hydrogen-bond acceptors (Lipinski definition) is 12. The van der Waals surface area contributed by atoms with E-state index < -0.39 is 14.3 Å². The van der Waals surface area contributed by atoms with Crippen LogP contribution < -0.4 is 0 Å². The Labute approximate surface area is 826 Å². The zero-order valence-electron chi connectivity index (χ0n) is 77.5. The van der Waals surface area contributed by atoms with Crippen LogP contribution in [0, 0.1) is 0 Å². The summed E-state index contributed by atoms with van der Waals surface area (Å²) in [4.78, 5) is 21.2. The monoisotopic (exact) mass is 2120 g/mol. The first kappa shape index (κ1) is 110. The number of thiophene rings is 10. The maximum absolute atomic E-state index is 9.96. The van der Waals surface area contributed by atoms with Crippen LogP contribution in [0.1, 0.15) is 392 Å². The van der Waals surface area contributed by atoms with E-state index in [9.17, 15) is 8.78 Å². The number of alkyl halides is 2. The molecular formula is C103H153BBr4F2NS11. The first-order chi connectivity index (χ1) is 60.1. The van der Waals surface area contributed by atoms with Crippen molar-refractivity contribution in [2.24, 2.45) is 4.30 Å². The van der Waals surface area contributed by atoms with Gasteiger partial charge in [-0.25, -0.2) is 0 Å². The second-order valence-corrected chi connectivity index (χ2v) is 48.2. The molecule has 1 radical (unpaired) electrons. The zero-order valence-corrected chi connectivity index (χ0v) is 90.9. The Balaban J connectivity index is 0.000000385. The van der Waals surface area contributed by atoms with Gasteiger partial charge in [-0.3, -0.25) is 8.78 Å². The average Bonchev–Trinajstić information content (AvgIpc) is 1.70. The molecule has 10 rings (SSSR count). The molecule has 0 aliphatic carbocycles. The topological polar surface area (TPSA) is 12.4 Å². The quantitative estimate of drug-likeness (QED) is 0.0222. The van der Waals surface area contributed by atoms with Crippen LogP contribution in [0.15, 0.2) is 90.9 Å². The Kier molecular flexibility index (Phi) is 62.8. The van der Waals surface area contributed by atoms with Crippen LogP contribution in [0.3, 0.4) is 0 Å². The molecule has 0 fully saturated rings. The van der Waals surface area contributed by atoms with E-state index in [4.69, 9.17) is 2.74 Å². The molecule has 0 saturated carbocycles. The van der Waals surface area contributed by atoms with E-state index in [1.54, 1.807) is 43.1 Å². The average molecular weight is 2130 g/mol. The molecule has 0 unspecified atom stereocenters. The summed E-state index contributed by atoms with van der Waals surface area (Å²) in [7, 11) is 2.34. The van der Waals surface area contributed by atoms with E-state index in [2.05, 4.69) is 274 Å². The number of thiol groups is 1. The molecule has 10 heterocycles. The van der Waals surface area contributed by atoms with Gasteiger partial charge in [0.2, 0.25) is 0 Å². The minimum absolute atomic E-state index is 0. The number of nitrogens with zero attached hydrogens (tertiary/aromatic N) is 1. The molecule has 122 heavy (non-hydrogen) atoms. The van der Waals surface area contributed by atoms with Gasteiger partial charge in [0.05, 0.1) is 32.2 Å². The molecule has 0 aromatic carbocycles. The van der Waals surface area contributed by atoms with Crippen molar-refractivity contribution in [2.75, 3.05) is 14.3 Å². The molecule has 0 amide bonds. The summed E-state index contributed by atoms with van der Waals surface area (Å²) in [6.45, 7) is 23.1. The summed E-state index contributed by atoms with van der Waals surface area (Å²) in [5.74, 6) is 0. The maximum atomic E-state index is 9.96. The number of halogens is 6. The second kappa shape index (κ2) is 69.8. The SMILES string of the molecule is C.CCCCCCc1cc(-c2sc(-c3sc(-c4sc(Br)cc4CCCCCC)cc3CCCCCC)cc2CCCCCC)sc1Br.CCCCCCc1cc(Br)sc1-c1sc(Br)cc1CCCCCC.CCCCCCc1csc(-c2sc(-c3sc(-c4sccc4CCCCCC)cc3CCCCCC)cc2CCCCCC)c1.[2H]CF.[2H]CF.[B]=NS. The molecule has 0 aliphatic heterocycles. The van der Waals surface area contributed by atoms with Crippen LogP contribution in [0.5, 0.6) is 0 Å². The third-order valence-corrected chi connectivity index (χ3v) is 37.2. The summed E-state index contributed by atoms with van der Waals surface area (Å²) in [5.41, 5.74) is 15.6. The van der Waals surface area contributed by atoms with Crippen molar-refractivity contribution < 1.29 is 11.5 Å². The van der Waals surface area contributed by atoms with E-state index in [1.807, 2.05) is 68.0 Å². The van der Waals surface area contributed by atoms with E-state index >= 15 is 0 Å². The van der Waals surface area contributed by atoms with Gasteiger partial charge in [0, 0.05) is 68.3 Å². The van der Waals surface area contributed by atoms with Gasteiger partial charge < -0.3 is 0 Å². The molecule has 19 heteroatoms. The van der Waals surface area contributed by atoms with Crippen molar-refractivity contribution in [1.29, 1.82) is 0 Å². The Morgan fingerprint density at radius 2 is 0.516 bits per heavy atom. The molecule has 0 bridgehead atoms. The minimum atomic E-state index is -1.00. The van der Waals surface area contributed by atoms with Gasteiger partial charge in [-0.05, 0) is 319 Å². The summed E-state index contributed by atoms with van der Waals surface area (Å²) in [6, 6.07) is 24.9. The molecule has 0 atom stereocenters. The van der Waals surface area contributed by atoms with Crippen LogP contribution >= 0.6 is 190 Å². The van der Waals surface area contributed by atoms with Crippen molar-refractivity contribution in [2.45, 2.75) is 398 Å². The van der Waals surface area contributed by atoms with E-state index in [0.29, 0.717) is 0 Å². The second-order valence-electron chi connectivity index (χ2n) is 32.3. The van der Waals surface area contributed by atoms with Crippen molar-refractivity contribution in [3.05, 3.63) is 142 Å². The molecule has 0 spiro atoms. The van der Waals surface area contributed by atoms with Crippen LogP contribution in [-0.2, 0) is 64.2 Å². The number of rotatable bonds is 57. The van der Waals surface area contributed by atoms with E-state index in [0.717, 1.165) is 0 Å². The Bertz CT molecular complexity index is 4280. The van der Waals surface area contributed by atoms with Gasteiger partial charge in [-0.15, -0.1) is 113 Å². The van der Waals surface area contributed by atoms with Crippen LogP contribution in [0.2, 0.25) is 0 Å². The van der Waals surface area contributed by atoms with E-state index in [-0.39, 0.29) is 7.43 Å². The molecule has 1 nitrogen and oxygen atoms in total. The fourth-order valence-electron chi connectivity index (χ4n) is 15.6. The molecule has 10 aromatic heterocycles. The van der Waals surface area contributed by atoms with Crippen molar-refractivity contribution in [3.63, 3.8) is 0 Å². The molecule has 0 N–H and O–H groups in total. The van der Waals surface area contributed by atoms with Crippen LogP contribution in [0.4, 0.5) is 8.78 Å². The molecular weight excluding hydrogens is 1970 g/mol. The van der Waals surface area contributed by atoms with Gasteiger partial charge in [0.15, 0.2) is 0 Å². The summed E-state index contributed by atoms with van der Waals surface area (Å²) in [5, 5.41) is 4.78.